The average Bonchev–Trinajstić information content (AvgIpc) is 3.46. The third kappa shape index (κ3) is 37.0. The Kier molecular flexibility index (Phi) is 34.0. The van der Waals surface area contributed by atoms with Crippen molar-refractivity contribution in [3.63, 3.8) is 0 Å². The molecule has 1 rings (SSSR count). The zero-order chi connectivity index (χ0) is 45.2. The number of aliphatic carboxylic acids is 1. The topological polar surface area (TPSA) is 262 Å². The van der Waals surface area contributed by atoms with Crippen molar-refractivity contribution in [2.75, 3.05) is 99.1 Å². The van der Waals surface area contributed by atoms with Gasteiger partial charge in [-0.05, 0) is 62.3 Å². The van der Waals surface area contributed by atoms with Crippen LogP contribution in [0, 0.1) is 0 Å². The first-order valence-corrected chi connectivity index (χ1v) is 19.0. The predicted molar refractivity (Wildman–Crippen MR) is 204 cm³/mol. The first-order valence-electron chi connectivity index (χ1n) is 19.0. The molecule has 21 heteroatoms. The Labute approximate surface area is 345 Å². The van der Waals surface area contributed by atoms with Crippen molar-refractivity contribution in [3.8, 4) is 0 Å². The smallest absolute Gasteiger partial charge is 0.358 e. The van der Waals surface area contributed by atoms with E-state index in [1.54, 1.807) is 41.5 Å². The van der Waals surface area contributed by atoms with Gasteiger partial charge in [0.2, 0.25) is 0 Å². The van der Waals surface area contributed by atoms with Crippen LogP contribution in [-0.4, -0.2) is 180 Å². The fraction of sp³-hybridized carbons (Fsp3) is 0.789. The molecule has 1 fully saturated rings. The zero-order valence-corrected chi connectivity index (χ0v) is 35.9. The third-order valence-corrected chi connectivity index (χ3v) is 6.90. The van der Waals surface area contributed by atoms with Crippen molar-refractivity contribution < 1.29 is 95.7 Å². The Morgan fingerprint density at radius 2 is 0.831 bits per heavy atom. The van der Waals surface area contributed by atoms with E-state index in [-0.39, 0.29) is 69.8 Å². The number of Topliss-reactive ketones (excluding diaryl/α,β-unsaturated/α-hetero) is 3. The van der Waals surface area contributed by atoms with Gasteiger partial charge in [-0.2, -0.15) is 0 Å². The van der Waals surface area contributed by atoms with Crippen LogP contribution >= 0.6 is 0 Å². The summed E-state index contributed by atoms with van der Waals surface area (Å²) in [6.07, 6.45) is -1.18. The summed E-state index contributed by atoms with van der Waals surface area (Å²) < 4.78 is 51.0. The van der Waals surface area contributed by atoms with Crippen LogP contribution in [0.4, 0.5) is 0 Å². The lowest BCUT2D eigenvalue weighted by atomic mass is 10.2. The Bertz CT molecular complexity index is 1240. The minimum Gasteiger partial charge on any atom is -0.480 e. The maximum absolute atomic E-state index is 11.4. The van der Waals surface area contributed by atoms with Gasteiger partial charge in [-0.3, -0.25) is 24.0 Å². The summed E-state index contributed by atoms with van der Waals surface area (Å²) in [7, 11) is 0. The molecule has 1 saturated heterocycles. The Balaban J connectivity index is 0. The first-order chi connectivity index (χ1) is 27.7. The van der Waals surface area contributed by atoms with E-state index in [2.05, 4.69) is 4.84 Å². The van der Waals surface area contributed by atoms with Gasteiger partial charge in [0.25, 0.3) is 11.8 Å². The highest BCUT2D eigenvalue weighted by Gasteiger charge is 2.32. The standard InChI is InChI=1S/C14H21NO8.C14H26O6.C10H18O6/c1-10(16)11(2)22-8-7-20-5-6-21-9-14(19)23-15-12(17)3-4-13(15)18;1-11(15)12(2)19-9-8-17-6-7-18-10-13(16)20-14(3,4)5;1-8(11)9(2)16-6-5-14-3-4-15-7-10(12)13/h11H,3-9H2,1-2H3;12H,6-10H2,1-5H3;9H,3-7H2,1-2H3,(H,12,13)/t11-;12-;9-/m000/s1. The number of carbonyl (C=O) groups excluding carboxylic acids is 7. The van der Waals surface area contributed by atoms with Gasteiger partial charge < -0.3 is 57.3 Å². The van der Waals surface area contributed by atoms with E-state index in [9.17, 15) is 38.4 Å². The van der Waals surface area contributed by atoms with Crippen molar-refractivity contribution >= 4 is 47.1 Å². The molecule has 342 valence electrons. The van der Waals surface area contributed by atoms with E-state index in [0.717, 1.165) is 0 Å². The normalized spacial score (nSPS) is 13.9. The minimum atomic E-state index is -1.00. The molecule has 0 aromatic carbocycles. The van der Waals surface area contributed by atoms with Crippen LogP contribution in [0.25, 0.3) is 0 Å². The second kappa shape index (κ2) is 35.0. The Morgan fingerprint density at radius 1 is 0.525 bits per heavy atom. The maximum Gasteiger partial charge on any atom is 0.358 e. The van der Waals surface area contributed by atoms with Crippen LogP contribution in [0.5, 0.6) is 0 Å². The summed E-state index contributed by atoms with van der Waals surface area (Å²) in [4.78, 5) is 92.3. The van der Waals surface area contributed by atoms with Crippen molar-refractivity contribution in [3.05, 3.63) is 0 Å². The maximum atomic E-state index is 11.4. The lowest BCUT2D eigenvalue weighted by Gasteiger charge is -2.19. The third-order valence-electron chi connectivity index (χ3n) is 6.90. The van der Waals surface area contributed by atoms with Crippen molar-refractivity contribution in [2.24, 2.45) is 0 Å². The van der Waals surface area contributed by atoms with Gasteiger partial charge in [0.15, 0.2) is 17.3 Å². The summed E-state index contributed by atoms with van der Waals surface area (Å²) in [5.41, 5.74) is -0.498. The molecule has 1 N–H and O–H groups in total. The Hall–Kier alpha value is -3.80. The van der Waals surface area contributed by atoms with Gasteiger partial charge in [-0.1, -0.05) is 0 Å². The molecule has 0 spiro atoms. The molecular formula is C38H65NO20. The number of hydrogen-bond donors (Lipinski definition) is 1. The number of carboxylic acid groups (broad SMARTS) is 1. The number of esters is 1. The highest BCUT2D eigenvalue weighted by atomic mass is 16.7. The van der Waals surface area contributed by atoms with Crippen LogP contribution in [0.2, 0.25) is 0 Å². The van der Waals surface area contributed by atoms with Crippen LogP contribution in [0.1, 0.15) is 75.2 Å². The quantitative estimate of drug-likeness (QED) is 0.0581. The molecule has 0 aliphatic carbocycles. The largest absolute Gasteiger partial charge is 0.480 e. The second-order valence-electron chi connectivity index (χ2n) is 13.4. The predicted octanol–water partition coefficient (Wildman–Crippen LogP) is 1.07. The SMILES string of the molecule is CC(=O)[C@H](C)OCCOCCOCC(=O)O.CC(=O)[C@H](C)OCCOCCOCC(=O)OC(C)(C)C.CC(=O)[C@H](C)OCCOCCOCC(=O)ON1C(=O)CCC1=O. The molecule has 0 unspecified atom stereocenters. The van der Waals surface area contributed by atoms with Crippen molar-refractivity contribution in [1.29, 1.82) is 0 Å². The summed E-state index contributed by atoms with van der Waals surface area (Å²) in [5.74, 6) is -3.38. The number of amides is 2. The van der Waals surface area contributed by atoms with E-state index in [4.69, 9.17) is 52.5 Å². The molecule has 1 aliphatic heterocycles. The van der Waals surface area contributed by atoms with Gasteiger partial charge in [0, 0.05) is 12.8 Å². The number of rotatable bonds is 31. The molecule has 0 bridgehead atoms. The lowest BCUT2D eigenvalue weighted by molar-refractivity contribution is -0.200. The molecule has 3 atom stereocenters. The van der Waals surface area contributed by atoms with E-state index in [1.807, 2.05) is 0 Å². The van der Waals surface area contributed by atoms with Crippen LogP contribution < -0.4 is 0 Å². The molecule has 0 radical (unpaired) electrons. The van der Waals surface area contributed by atoms with Crippen LogP contribution in [0.3, 0.4) is 0 Å². The zero-order valence-electron chi connectivity index (χ0n) is 35.9. The molecule has 1 heterocycles. The van der Waals surface area contributed by atoms with E-state index >= 15 is 0 Å². The lowest BCUT2D eigenvalue weighted by Crippen LogP contribution is -2.33. The Morgan fingerprint density at radius 3 is 1.15 bits per heavy atom. The molecule has 0 saturated carbocycles. The van der Waals surface area contributed by atoms with Crippen LogP contribution in [0.15, 0.2) is 0 Å². The number of carbonyl (C=O) groups is 8. The summed E-state index contributed by atoms with van der Waals surface area (Å²) in [6, 6.07) is 0. The summed E-state index contributed by atoms with van der Waals surface area (Å²) >= 11 is 0. The highest BCUT2D eigenvalue weighted by Crippen LogP contribution is 2.12. The molecule has 2 amide bonds. The van der Waals surface area contributed by atoms with Gasteiger partial charge in [-0.15, -0.1) is 5.06 Å². The highest BCUT2D eigenvalue weighted by molar-refractivity contribution is 6.01. The van der Waals surface area contributed by atoms with E-state index in [0.29, 0.717) is 57.9 Å². The van der Waals surface area contributed by atoms with Crippen molar-refractivity contribution in [2.45, 2.75) is 99.1 Å². The van der Waals surface area contributed by atoms with E-state index in [1.165, 1.54) is 20.8 Å². The number of hydrogen-bond acceptors (Lipinski definition) is 19. The van der Waals surface area contributed by atoms with Gasteiger partial charge in [0.05, 0.1) is 79.3 Å². The molecule has 21 nitrogen and oxygen atoms in total. The molecule has 59 heavy (non-hydrogen) atoms. The number of ketones is 3. The van der Waals surface area contributed by atoms with Gasteiger partial charge >= 0.3 is 17.9 Å². The fourth-order valence-electron chi connectivity index (χ4n) is 3.49. The second-order valence-corrected chi connectivity index (χ2v) is 13.4. The fourth-order valence-corrected chi connectivity index (χ4v) is 3.49. The number of hydroxylamine groups is 2. The monoisotopic (exact) mass is 855 g/mol. The number of ether oxygens (including phenoxy) is 10. The number of nitrogens with zero attached hydrogens (tertiary/aromatic N) is 1. The molecule has 1 aliphatic rings. The average molecular weight is 856 g/mol. The van der Waals surface area contributed by atoms with Gasteiger partial charge in [-0.25, -0.2) is 14.4 Å². The minimum absolute atomic E-state index is 0.00862. The first kappa shape index (κ1) is 57.3. The van der Waals surface area contributed by atoms with Gasteiger partial charge in [0.1, 0.15) is 43.7 Å². The molecular weight excluding hydrogens is 790 g/mol. The summed E-state index contributed by atoms with van der Waals surface area (Å²) in [6.45, 7) is 17.6. The number of imide groups is 1. The summed E-state index contributed by atoms with van der Waals surface area (Å²) in [5, 5.41) is 8.72. The molecule has 0 aromatic heterocycles. The van der Waals surface area contributed by atoms with Crippen LogP contribution in [-0.2, 0) is 90.6 Å². The number of carboxylic acids is 1. The van der Waals surface area contributed by atoms with E-state index < -0.39 is 60.2 Å². The molecule has 0 aromatic rings. The van der Waals surface area contributed by atoms with Crippen molar-refractivity contribution in [1.82, 2.24) is 5.06 Å².